The maximum atomic E-state index is 10.9. The van der Waals surface area contributed by atoms with Gasteiger partial charge in [-0.15, -0.1) is 0 Å². The predicted octanol–water partition coefficient (Wildman–Crippen LogP) is 0.218. The van der Waals surface area contributed by atoms with E-state index in [0.717, 1.165) is 0 Å². The zero-order chi connectivity index (χ0) is 7.65. The first-order valence-corrected chi connectivity index (χ1v) is 3.74. The molecular weight excluding hydrogens is 231 g/mol. The highest BCUT2D eigenvalue weighted by Gasteiger charge is 2.26. The molecule has 0 saturated heterocycles. The molecule has 0 heterocycles. The molecule has 0 rings (SSSR count). The smallest absolute Gasteiger partial charge is 0.179 e. The second kappa shape index (κ2) is 2.94. The molecule has 0 aromatic carbocycles. The Hall–Kier alpha value is 0.320. The van der Waals surface area contributed by atoms with E-state index in [1.54, 1.807) is 36.4 Å². The molecule has 0 saturated carbocycles. The van der Waals surface area contributed by atoms with Gasteiger partial charge in [-0.25, -0.2) is 0 Å². The summed E-state index contributed by atoms with van der Waals surface area (Å²) in [5.74, 6) is -0.208. The van der Waals surface area contributed by atoms with Crippen LogP contribution in [-0.4, -0.2) is 9.45 Å². The van der Waals surface area contributed by atoms with E-state index in [2.05, 4.69) is 0 Å². The Morgan fingerprint density at radius 1 is 1.56 bits per heavy atom. The zero-order valence-corrected chi connectivity index (χ0v) is 7.68. The van der Waals surface area contributed by atoms with Crippen LogP contribution in [-0.2, 0) is 4.79 Å². The summed E-state index contributed by atoms with van der Waals surface area (Å²) in [4.78, 5) is 10.9. The molecule has 54 valence electrons. The lowest BCUT2D eigenvalue weighted by molar-refractivity contribution is -0.123. The van der Waals surface area contributed by atoms with Gasteiger partial charge in [0.15, 0.2) is 9.45 Å². The minimum Gasteiger partial charge on any atom is -0.299 e. The fourth-order valence-electron chi connectivity index (χ4n) is 0.442. The molecule has 0 aliphatic heterocycles. The topological polar surface area (TPSA) is 69.1 Å². The summed E-state index contributed by atoms with van der Waals surface area (Å²) in [7, 11) is 0. The van der Waals surface area contributed by atoms with E-state index < -0.39 is 3.67 Å². The maximum absolute atomic E-state index is 10.9. The third-order valence-electron chi connectivity index (χ3n) is 0.902. The number of ketones is 1. The summed E-state index contributed by atoms with van der Waals surface area (Å²) >= 11 is 1.72. The molecule has 0 spiro atoms. The van der Waals surface area contributed by atoms with Crippen LogP contribution in [0.4, 0.5) is 0 Å². The molecule has 0 fully saturated rings. The van der Waals surface area contributed by atoms with Crippen LogP contribution in [0.5, 0.6) is 0 Å². The van der Waals surface area contributed by atoms with Crippen molar-refractivity contribution in [2.24, 2.45) is 17.4 Å². The minimum atomic E-state index is -1.19. The van der Waals surface area contributed by atoms with Gasteiger partial charge in [0.05, 0.1) is 0 Å². The van der Waals surface area contributed by atoms with Crippen molar-refractivity contribution in [3.05, 3.63) is 0 Å². The lowest BCUT2D eigenvalue weighted by Gasteiger charge is -2.16. The van der Waals surface area contributed by atoms with Crippen molar-refractivity contribution in [3.8, 4) is 0 Å². The van der Waals surface area contributed by atoms with Gasteiger partial charge in [0, 0.05) is 5.92 Å². The minimum absolute atomic E-state index is 0.0862. The predicted molar refractivity (Wildman–Crippen MR) is 45.0 cm³/mol. The van der Waals surface area contributed by atoms with Crippen LogP contribution in [0.2, 0.25) is 0 Å². The summed E-state index contributed by atoms with van der Waals surface area (Å²) < 4.78 is -1.19. The molecule has 0 aliphatic carbocycles. The van der Waals surface area contributed by atoms with Crippen molar-refractivity contribution in [2.75, 3.05) is 0 Å². The molecule has 0 unspecified atom stereocenters. The number of carbonyl (C=O) groups excluding carboxylic acids is 1. The van der Waals surface area contributed by atoms with Gasteiger partial charge in [-0.2, -0.15) is 0 Å². The normalized spacial score (nSPS) is 12.2. The molecule has 0 aromatic heterocycles. The second-order valence-corrected chi connectivity index (χ2v) is 4.07. The summed E-state index contributed by atoms with van der Waals surface area (Å²) in [5, 5.41) is 0. The molecule has 0 aromatic rings. The highest BCUT2D eigenvalue weighted by molar-refractivity contribution is 14.1. The van der Waals surface area contributed by atoms with E-state index in [4.69, 9.17) is 11.5 Å². The maximum Gasteiger partial charge on any atom is 0.179 e. The van der Waals surface area contributed by atoms with Crippen molar-refractivity contribution in [1.82, 2.24) is 0 Å². The number of nitrogens with two attached hydrogens (primary N) is 2. The van der Waals surface area contributed by atoms with Gasteiger partial charge in [-0.3, -0.25) is 16.3 Å². The molecule has 0 amide bonds. The van der Waals surface area contributed by atoms with Gasteiger partial charge in [0.25, 0.3) is 0 Å². The van der Waals surface area contributed by atoms with Crippen LogP contribution in [0.15, 0.2) is 0 Å². The molecule has 9 heavy (non-hydrogen) atoms. The Bertz CT molecular complexity index is 117. The number of halogens is 1. The average molecular weight is 242 g/mol. The van der Waals surface area contributed by atoms with Gasteiger partial charge in [0.1, 0.15) is 0 Å². The lowest BCUT2D eigenvalue weighted by Crippen LogP contribution is -2.52. The highest BCUT2D eigenvalue weighted by atomic mass is 127. The standard InChI is InChI=1S/C5H11IN2O/c1-3(2)4(9)5(6,7)8/h3H,7-8H2,1-2H3. The van der Waals surface area contributed by atoms with Crippen LogP contribution >= 0.6 is 22.6 Å². The molecule has 0 radical (unpaired) electrons. The van der Waals surface area contributed by atoms with E-state index in [1.165, 1.54) is 0 Å². The molecule has 0 aliphatic rings. The van der Waals surface area contributed by atoms with Crippen LogP contribution in [0.1, 0.15) is 13.8 Å². The Kier molecular flexibility index (Phi) is 3.04. The van der Waals surface area contributed by atoms with Crippen LogP contribution in [0, 0.1) is 5.92 Å². The van der Waals surface area contributed by atoms with Crippen molar-refractivity contribution in [2.45, 2.75) is 17.5 Å². The molecule has 0 bridgehead atoms. The van der Waals surface area contributed by atoms with Crippen molar-refractivity contribution < 1.29 is 4.79 Å². The number of Topliss-reactive ketones (excluding diaryl/α,β-unsaturated/α-hetero) is 1. The van der Waals surface area contributed by atoms with Gasteiger partial charge in [-0.1, -0.05) is 13.8 Å². The van der Waals surface area contributed by atoms with Crippen LogP contribution in [0.3, 0.4) is 0 Å². The summed E-state index contributed by atoms with van der Waals surface area (Å²) in [6.07, 6.45) is 0. The first-order chi connectivity index (χ1) is 3.85. The van der Waals surface area contributed by atoms with Crippen molar-refractivity contribution in [3.63, 3.8) is 0 Å². The fraction of sp³-hybridized carbons (Fsp3) is 0.800. The van der Waals surface area contributed by atoms with Crippen molar-refractivity contribution >= 4 is 28.4 Å². The fourth-order valence-corrected chi connectivity index (χ4v) is 1.07. The van der Waals surface area contributed by atoms with E-state index in [-0.39, 0.29) is 11.7 Å². The summed E-state index contributed by atoms with van der Waals surface area (Å²) in [6.45, 7) is 3.55. The Labute approximate surface area is 68.3 Å². The third kappa shape index (κ3) is 3.12. The quantitative estimate of drug-likeness (QED) is 0.315. The molecule has 3 nitrogen and oxygen atoms in total. The van der Waals surface area contributed by atoms with E-state index in [9.17, 15) is 4.79 Å². The number of hydrogen-bond donors (Lipinski definition) is 2. The second-order valence-electron chi connectivity index (χ2n) is 2.29. The van der Waals surface area contributed by atoms with Gasteiger partial charge < -0.3 is 0 Å². The van der Waals surface area contributed by atoms with Crippen LogP contribution in [0.25, 0.3) is 0 Å². The Morgan fingerprint density at radius 3 is 1.89 bits per heavy atom. The van der Waals surface area contributed by atoms with Gasteiger partial charge >= 0.3 is 0 Å². The SMILES string of the molecule is CC(C)C(=O)C(N)(N)I. The van der Waals surface area contributed by atoms with E-state index in [1.807, 2.05) is 0 Å². The van der Waals surface area contributed by atoms with Crippen LogP contribution < -0.4 is 11.5 Å². The van der Waals surface area contributed by atoms with E-state index in [0.29, 0.717) is 0 Å². The largest absolute Gasteiger partial charge is 0.299 e. The number of carbonyl (C=O) groups is 1. The Balaban J connectivity index is 4.06. The first kappa shape index (κ1) is 9.32. The lowest BCUT2D eigenvalue weighted by atomic mass is 10.1. The third-order valence-corrected chi connectivity index (χ3v) is 1.43. The zero-order valence-electron chi connectivity index (χ0n) is 5.52. The number of rotatable bonds is 2. The molecule has 0 atom stereocenters. The van der Waals surface area contributed by atoms with Gasteiger partial charge in [0.2, 0.25) is 0 Å². The summed E-state index contributed by atoms with van der Waals surface area (Å²) in [5.41, 5.74) is 10.6. The van der Waals surface area contributed by atoms with Gasteiger partial charge in [-0.05, 0) is 22.6 Å². The van der Waals surface area contributed by atoms with Crippen molar-refractivity contribution in [1.29, 1.82) is 0 Å². The number of alkyl halides is 1. The van der Waals surface area contributed by atoms with E-state index >= 15 is 0 Å². The first-order valence-electron chi connectivity index (χ1n) is 2.66. The summed E-state index contributed by atoms with van der Waals surface area (Å²) in [6, 6.07) is 0. The number of hydrogen-bond acceptors (Lipinski definition) is 3. The Morgan fingerprint density at radius 2 is 1.89 bits per heavy atom. The average Bonchev–Trinajstić information content (AvgIpc) is 1.62. The molecule has 4 N–H and O–H groups in total. The highest BCUT2D eigenvalue weighted by Crippen LogP contribution is 2.10. The molecular formula is C5H11IN2O. The monoisotopic (exact) mass is 242 g/mol. The molecule has 4 heteroatoms.